The maximum absolute atomic E-state index is 13.5. The van der Waals surface area contributed by atoms with Crippen LogP contribution in [0.15, 0.2) is 40.9 Å². The minimum absolute atomic E-state index is 0.106. The number of methoxy groups -OCH3 is 1. The molecule has 0 aromatic heterocycles. The van der Waals surface area contributed by atoms with Gasteiger partial charge >= 0.3 is 0 Å². The molecule has 5 heteroatoms. The summed E-state index contributed by atoms with van der Waals surface area (Å²) in [6.07, 6.45) is 0. The molecule has 110 valence electrons. The Balaban J connectivity index is 2.26. The van der Waals surface area contributed by atoms with E-state index in [1.54, 1.807) is 30.3 Å². The first-order chi connectivity index (χ1) is 10.0. The van der Waals surface area contributed by atoms with Crippen LogP contribution < -0.4 is 9.47 Å². The van der Waals surface area contributed by atoms with Gasteiger partial charge in [0.25, 0.3) is 0 Å². The number of hydrogen-bond donors (Lipinski definition) is 0. The highest BCUT2D eigenvalue weighted by Crippen LogP contribution is 2.27. The fourth-order valence-electron chi connectivity index (χ4n) is 1.86. The van der Waals surface area contributed by atoms with Crippen LogP contribution in [0.4, 0.5) is 4.39 Å². The summed E-state index contributed by atoms with van der Waals surface area (Å²) in [6, 6.07) is 9.71. The number of carbonyl (C=O) groups excluding carboxylic acids is 1. The average molecular weight is 353 g/mol. The minimum Gasteiger partial charge on any atom is -0.497 e. The second-order valence-corrected chi connectivity index (χ2v) is 5.21. The smallest absolute Gasteiger partial charge is 0.163 e. The summed E-state index contributed by atoms with van der Waals surface area (Å²) in [7, 11) is 1.54. The van der Waals surface area contributed by atoms with Gasteiger partial charge in [-0.15, -0.1) is 0 Å². The van der Waals surface area contributed by atoms with Crippen LogP contribution in [-0.2, 0) is 6.61 Å². The molecule has 0 aliphatic rings. The fourth-order valence-corrected chi connectivity index (χ4v) is 2.23. The topological polar surface area (TPSA) is 35.5 Å². The summed E-state index contributed by atoms with van der Waals surface area (Å²) in [5.74, 6) is 0.547. The van der Waals surface area contributed by atoms with Crippen LogP contribution in [-0.4, -0.2) is 12.9 Å². The lowest BCUT2D eigenvalue weighted by Gasteiger charge is -2.12. The Bertz CT molecular complexity index is 671. The summed E-state index contributed by atoms with van der Waals surface area (Å²) in [4.78, 5) is 11.6. The predicted octanol–water partition coefficient (Wildman–Crippen LogP) is 4.38. The average Bonchev–Trinajstić information content (AvgIpc) is 2.48. The van der Waals surface area contributed by atoms with Crippen molar-refractivity contribution in [1.29, 1.82) is 0 Å². The first-order valence-electron chi connectivity index (χ1n) is 6.27. The zero-order valence-electron chi connectivity index (χ0n) is 11.7. The number of ketones is 1. The van der Waals surface area contributed by atoms with E-state index >= 15 is 0 Å². The van der Waals surface area contributed by atoms with E-state index < -0.39 is 0 Å². The van der Waals surface area contributed by atoms with E-state index in [0.29, 0.717) is 27.1 Å². The molecular weight excluding hydrogens is 339 g/mol. The molecule has 0 bridgehead atoms. The zero-order chi connectivity index (χ0) is 15.4. The molecule has 0 heterocycles. The van der Waals surface area contributed by atoms with E-state index in [1.165, 1.54) is 20.1 Å². The molecule has 0 saturated carbocycles. The summed E-state index contributed by atoms with van der Waals surface area (Å²) < 4.78 is 24.6. The highest BCUT2D eigenvalue weighted by molar-refractivity contribution is 9.10. The summed E-state index contributed by atoms with van der Waals surface area (Å²) in [5, 5.41) is 0. The van der Waals surface area contributed by atoms with Crippen molar-refractivity contribution in [2.75, 3.05) is 7.11 Å². The molecule has 0 atom stereocenters. The lowest BCUT2D eigenvalue weighted by Crippen LogP contribution is -2.03. The van der Waals surface area contributed by atoms with E-state index in [9.17, 15) is 9.18 Å². The van der Waals surface area contributed by atoms with E-state index in [-0.39, 0.29) is 18.2 Å². The van der Waals surface area contributed by atoms with Gasteiger partial charge in [-0.25, -0.2) is 4.39 Å². The molecule has 2 aromatic rings. The Labute approximate surface area is 130 Å². The predicted molar refractivity (Wildman–Crippen MR) is 81.4 cm³/mol. The van der Waals surface area contributed by atoms with Crippen LogP contribution in [0.5, 0.6) is 11.5 Å². The fraction of sp³-hybridized carbons (Fsp3) is 0.188. The highest BCUT2D eigenvalue weighted by atomic mass is 79.9. The maximum Gasteiger partial charge on any atom is 0.163 e. The van der Waals surface area contributed by atoms with Crippen LogP contribution in [0.3, 0.4) is 0 Å². The van der Waals surface area contributed by atoms with Crippen molar-refractivity contribution in [1.82, 2.24) is 0 Å². The Kier molecular flexibility index (Phi) is 4.96. The van der Waals surface area contributed by atoms with Gasteiger partial charge in [0.1, 0.15) is 23.9 Å². The number of rotatable bonds is 5. The molecule has 2 rings (SSSR count). The normalized spacial score (nSPS) is 10.3. The van der Waals surface area contributed by atoms with Gasteiger partial charge in [-0.1, -0.05) is 12.1 Å². The Morgan fingerprint density at radius 1 is 1.29 bits per heavy atom. The molecule has 0 N–H and O–H groups in total. The molecule has 3 nitrogen and oxygen atoms in total. The van der Waals surface area contributed by atoms with Gasteiger partial charge in [0.15, 0.2) is 5.78 Å². The number of Topliss-reactive ketones (excluding diaryl/α,β-unsaturated/α-hetero) is 1. The number of benzene rings is 2. The molecule has 0 radical (unpaired) electrons. The third kappa shape index (κ3) is 3.61. The third-order valence-corrected chi connectivity index (χ3v) is 3.87. The third-order valence-electron chi connectivity index (χ3n) is 2.98. The van der Waals surface area contributed by atoms with Crippen LogP contribution in [0.25, 0.3) is 0 Å². The van der Waals surface area contributed by atoms with Gasteiger partial charge < -0.3 is 9.47 Å². The number of ether oxygens (including phenoxy) is 2. The molecule has 0 fully saturated rings. The van der Waals surface area contributed by atoms with Gasteiger partial charge in [-0.05, 0) is 41.1 Å². The lowest BCUT2D eigenvalue weighted by atomic mass is 10.1. The quantitative estimate of drug-likeness (QED) is 0.749. The van der Waals surface area contributed by atoms with Crippen molar-refractivity contribution in [2.24, 2.45) is 0 Å². The van der Waals surface area contributed by atoms with Crippen molar-refractivity contribution in [3.8, 4) is 11.5 Å². The summed E-state index contributed by atoms with van der Waals surface area (Å²) in [5.41, 5.74) is 1.12. The lowest BCUT2D eigenvalue weighted by molar-refractivity contribution is 0.101. The molecule has 0 aliphatic carbocycles. The molecule has 0 saturated heterocycles. The van der Waals surface area contributed by atoms with Crippen LogP contribution >= 0.6 is 15.9 Å². The van der Waals surface area contributed by atoms with Gasteiger partial charge in [0, 0.05) is 11.6 Å². The first kappa shape index (κ1) is 15.5. The van der Waals surface area contributed by atoms with E-state index in [2.05, 4.69) is 15.9 Å². The van der Waals surface area contributed by atoms with Crippen molar-refractivity contribution >= 4 is 21.7 Å². The standard InChI is InChI=1S/C16H14BrFO3/c1-10(19)13-7-6-12(20-2)8-15(13)21-9-11-4-3-5-14(18)16(11)17/h3-8H,9H2,1-2H3. The van der Waals surface area contributed by atoms with E-state index in [4.69, 9.17) is 9.47 Å². The SMILES string of the molecule is COc1ccc(C(C)=O)c(OCc2cccc(F)c2Br)c1. The zero-order valence-corrected chi connectivity index (χ0v) is 13.2. The molecule has 0 amide bonds. The van der Waals surface area contributed by atoms with Crippen molar-refractivity contribution < 1.29 is 18.7 Å². The Hall–Kier alpha value is -1.88. The highest BCUT2D eigenvalue weighted by Gasteiger charge is 2.12. The van der Waals surface area contributed by atoms with Crippen LogP contribution in [0.1, 0.15) is 22.8 Å². The number of carbonyl (C=O) groups is 1. The van der Waals surface area contributed by atoms with Crippen LogP contribution in [0, 0.1) is 5.82 Å². The molecular formula is C16H14BrFO3. The van der Waals surface area contributed by atoms with Gasteiger partial charge in [0.2, 0.25) is 0 Å². The largest absolute Gasteiger partial charge is 0.497 e. The van der Waals surface area contributed by atoms with Crippen molar-refractivity contribution in [2.45, 2.75) is 13.5 Å². The molecule has 2 aromatic carbocycles. The van der Waals surface area contributed by atoms with Crippen molar-refractivity contribution in [3.05, 3.63) is 57.8 Å². The molecule has 0 spiro atoms. The van der Waals surface area contributed by atoms with Gasteiger partial charge in [0.05, 0.1) is 17.1 Å². The van der Waals surface area contributed by atoms with E-state index in [1.807, 2.05) is 0 Å². The second kappa shape index (κ2) is 6.72. The number of halogens is 2. The minimum atomic E-state index is -0.353. The first-order valence-corrected chi connectivity index (χ1v) is 7.07. The molecule has 0 unspecified atom stereocenters. The second-order valence-electron chi connectivity index (χ2n) is 4.42. The van der Waals surface area contributed by atoms with E-state index in [0.717, 1.165) is 0 Å². The molecule has 0 aliphatic heterocycles. The number of hydrogen-bond acceptors (Lipinski definition) is 3. The van der Waals surface area contributed by atoms with Crippen molar-refractivity contribution in [3.63, 3.8) is 0 Å². The summed E-state index contributed by atoms with van der Waals surface area (Å²) >= 11 is 3.18. The Morgan fingerprint density at radius 3 is 2.71 bits per heavy atom. The molecule has 21 heavy (non-hydrogen) atoms. The van der Waals surface area contributed by atoms with Crippen LogP contribution in [0.2, 0.25) is 0 Å². The maximum atomic E-state index is 13.5. The van der Waals surface area contributed by atoms with Gasteiger partial charge in [-0.2, -0.15) is 0 Å². The van der Waals surface area contributed by atoms with Gasteiger partial charge in [-0.3, -0.25) is 4.79 Å². The Morgan fingerprint density at radius 2 is 2.05 bits per heavy atom. The monoisotopic (exact) mass is 352 g/mol. The summed E-state index contributed by atoms with van der Waals surface area (Å²) in [6.45, 7) is 1.61.